The molecule has 0 bridgehead atoms. The minimum atomic E-state index is -0.287. The summed E-state index contributed by atoms with van der Waals surface area (Å²) in [5.41, 5.74) is 1.12. The number of rotatable bonds is 5. The smallest absolute Gasteiger partial charge is 0.371 e. The third-order valence-electron chi connectivity index (χ3n) is 3.94. The van der Waals surface area contributed by atoms with E-state index in [-0.39, 0.29) is 5.30 Å². The van der Waals surface area contributed by atoms with Crippen LogP contribution in [0.25, 0.3) is 0 Å². The molecular formula is C17H25NO3S. The predicted molar refractivity (Wildman–Crippen MR) is 89.8 cm³/mol. The highest BCUT2D eigenvalue weighted by Gasteiger charge is 2.28. The highest BCUT2D eigenvalue weighted by atomic mass is 32.2. The van der Waals surface area contributed by atoms with Crippen molar-refractivity contribution in [2.75, 3.05) is 20.3 Å². The number of methoxy groups -OCH3 is 1. The van der Waals surface area contributed by atoms with E-state index in [0.717, 1.165) is 47.4 Å². The quantitative estimate of drug-likeness (QED) is 0.605. The number of ether oxygens (including phenoxy) is 2. The molecule has 4 nitrogen and oxygen atoms in total. The molecule has 5 heteroatoms. The number of hydrogen-bond acceptors (Lipinski definition) is 5. The van der Waals surface area contributed by atoms with Crippen molar-refractivity contribution in [2.45, 2.75) is 50.6 Å². The lowest BCUT2D eigenvalue weighted by molar-refractivity contribution is 0.0916. The van der Waals surface area contributed by atoms with Crippen molar-refractivity contribution < 1.29 is 14.3 Å². The van der Waals surface area contributed by atoms with Crippen LogP contribution in [0.5, 0.6) is 5.75 Å². The van der Waals surface area contributed by atoms with Gasteiger partial charge < -0.3 is 9.47 Å². The minimum absolute atomic E-state index is 0.287. The summed E-state index contributed by atoms with van der Waals surface area (Å²) in [4.78, 5) is 15.0. The Hall–Kier alpha value is -1.20. The van der Waals surface area contributed by atoms with Crippen LogP contribution in [0.4, 0.5) is 4.79 Å². The zero-order valence-corrected chi connectivity index (χ0v) is 14.6. The van der Waals surface area contributed by atoms with E-state index in [0.29, 0.717) is 18.7 Å². The first-order valence-corrected chi connectivity index (χ1v) is 8.64. The van der Waals surface area contributed by atoms with Gasteiger partial charge in [0.25, 0.3) is 0 Å². The van der Waals surface area contributed by atoms with Crippen molar-refractivity contribution in [3.8, 4) is 5.75 Å². The Morgan fingerprint density at radius 2 is 2.27 bits per heavy atom. The fourth-order valence-corrected chi connectivity index (χ4v) is 3.64. The summed E-state index contributed by atoms with van der Waals surface area (Å²) in [6, 6.07) is 6.71. The Bertz CT molecular complexity index is 519. The van der Waals surface area contributed by atoms with E-state index < -0.39 is 0 Å². The van der Waals surface area contributed by atoms with E-state index in [4.69, 9.17) is 9.47 Å². The van der Waals surface area contributed by atoms with Gasteiger partial charge in [0, 0.05) is 22.5 Å². The molecule has 2 rings (SSSR count). The maximum Gasteiger partial charge on any atom is 0.371 e. The summed E-state index contributed by atoms with van der Waals surface area (Å²) in [6.45, 7) is 8.41. The summed E-state index contributed by atoms with van der Waals surface area (Å²) in [7, 11) is 1.41. The molecule has 0 saturated carbocycles. The summed E-state index contributed by atoms with van der Waals surface area (Å²) in [5.74, 6) is 0.894. The molecule has 1 unspecified atom stereocenters. The number of benzene rings is 1. The van der Waals surface area contributed by atoms with Gasteiger partial charge in [0.05, 0.1) is 7.11 Å². The molecule has 22 heavy (non-hydrogen) atoms. The third kappa shape index (κ3) is 3.96. The van der Waals surface area contributed by atoms with Crippen LogP contribution >= 0.6 is 11.8 Å². The Balaban J connectivity index is 2.22. The lowest BCUT2D eigenvalue weighted by Crippen LogP contribution is -2.47. The van der Waals surface area contributed by atoms with Gasteiger partial charge in [0.1, 0.15) is 12.4 Å². The largest absolute Gasteiger partial charge is 0.492 e. The van der Waals surface area contributed by atoms with Crippen molar-refractivity contribution in [3.05, 3.63) is 23.8 Å². The van der Waals surface area contributed by atoms with Gasteiger partial charge in [-0.25, -0.2) is 4.79 Å². The first-order valence-electron chi connectivity index (χ1n) is 7.83. The van der Waals surface area contributed by atoms with Crippen LogP contribution in [-0.2, 0) is 11.2 Å². The van der Waals surface area contributed by atoms with Crippen molar-refractivity contribution in [3.63, 3.8) is 0 Å². The van der Waals surface area contributed by atoms with Gasteiger partial charge in [-0.2, -0.15) is 0 Å². The molecule has 0 fully saturated rings. The third-order valence-corrected chi connectivity index (χ3v) is 4.87. The number of thioether (sulfide) groups is 1. The van der Waals surface area contributed by atoms with Crippen molar-refractivity contribution in [1.29, 1.82) is 0 Å². The molecule has 1 aliphatic rings. The second kappa shape index (κ2) is 7.88. The molecule has 0 saturated heterocycles. The first kappa shape index (κ1) is 17.2. The molecule has 1 atom stereocenters. The van der Waals surface area contributed by atoms with Crippen LogP contribution in [-0.4, -0.2) is 42.5 Å². The van der Waals surface area contributed by atoms with Gasteiger partial charge in [-0.15, -0.1) is 0 Å². The van der Waals surface area contributed by atoms with Gasteiger partial charge in [-0.3, -0.25) is 4.90 Å². The normalized spacial score (nSPS) is 17.3. The first-order chi connectivity index (χ1) is 10.6. The molecule has 1 aliphatic heterocycles. The fraction of sp³-hybridized carbons (Fsp3) is 0.588. The summed E-state index contributed by atoms with van der Waals surface area (Å²) in [5, 5.41) is -0.287. The van der Waals surface area contributed by atoms with Gasteiger partial charge in [0.2, 0.25) is 0 Å². The van der Waals surface area contributed by atoms with Gasteiger partial charge >= 0.3 is 5.30 Å². The molecule has 0 N–H and O–H groups in total. The van der Waals surface area contributed by atoms with Crippen LogP contribution in [0.15, 0.2) is 23.1 Å². The fourth-order valence-electron chi connectivity index (χ4n) is 2.92. The Kier molecular flexibility index (Phi) is 6.15. The Morgan fingerprint density at radius 3 is 2.91 bits per heavy atom. The molecule has 0 amide bonds. The molecule has 0 spiro atoms. The van der Waals surface area contributed by atoms with Crippen molar-refractivity contribution >= 4 is 17.1 Å². The Labute approximate surface area is 137 Å². The number of fused-ring (bicyclic) bond motifs is 1. The molecule has 0 aromatic heterocycles. The molecule has 0 radical (unpaired) electrons. The Morgan fingerprint density at radius 1 is 1.50 bits per heavy atom. The summed E-state index contributed by atoms with van der Waals surface area (Å²) >= 11 is 1.13. The highest BCUT2D eigenvalue weighted by Crippen LogP contribution is 2.35. The second-order valence-electron chi connectivity index (χ2n) is 5.79. The van der Waals surface area contributed by atoms with Crippen LogP contribution in [0.3, 0.4) is 0 Å². The highest BCUT2D eigenvalue weighted by molar-refractivity contribution is 8.13. The van der Waals surface area contributed by atoms with E-state index in [1.807, 2.05) is 18.2 Å². The average Bonchev–Trinajstić information content (AvgIpc) is 2.52. The van der Waals surface area contributed by atoms with Crippen LogP contribution in [0.1, 0.15) is 32.8 Å². The number of hydrogen-bond donors (Lipinski definition) is 0. The number of carbonyl (C=O) groups is 1. The summed E-state index contributed by atoms with van der Waals surface area (Å²) < 4.78 is 10.7. The van der Waals surface area contributed by atoms with Gasteiger partial charge in [-0.1, -0.05) is 13.0 Å². The second-order valence-corrected chi connectivity index (χ2v) is 6.77. The van der Waals surface area contributed by atoms with Gasteiger partial charge in [0.15, 0.2) is 0 Å². The van der Waals surface area contributed by atoms with Crippen molar-refractivity contribution in [2.24, 2.45) is 0 Å². The molecule has 1 aromatic carbocycles. The minimum Gasteiger partial charge on any atom is -0.492 e. The molecular weight excluding hydrogens is 298 g/mol. The zero-order chi connectivity index (χ0) is 16.1. The number of carbonyl (C=O) groups excluding carboxylic acids is 1. The molecule has 122 valence electrons. The van der Waals surface area contributed by atoms with Crippen molar-refractivity contribution in [1.82, 2.24) is 4.90 Å². The SMILES string of the molecule is CCCN(C(C)C)C1COc2cccc(SC(=O)OC)c2C1. The van der Waals surface area contributed by atoms with Crippen LogP contribution < -0.4 is 4.74 Å². The van der Waals surface area contributed by atoms with Gasteiger partial charge in [-0.05, 0) is 57.1 Å². The topological polar surface area (TPSA) is 38.8 Å². The van der Waals surface area contributed by atoms with E-state index in [1.54, 1.807) is 0 Å². The number of nitrogens with zero attached hydrogens (tertiary/aromatic N) is 1. The van der Waals surface area contributed by atoms with E-state index in [2.05, 4.69) is 25.7 Å². The zero-order valence-electron chi connectivity index (χ0n) is 13.8. The predicted octanol–water partition coefficient (Wildman–Crippen LogP) is 3.97. The van der Waals surface area contributed by atoms with E-state index >= 15 is 0 Å². The molecule has 1 heterocycles. The maximum absolute atomic E-state index is 11.6. The average molecular weight is 323 g/mol. The standard InChI is InChI=1S/C17H25NO3S/c1-5-9-18(12(2)3)13-10-14-15(21-11-13)7-6-8-16(14)22-17(19)20-4/h6-8,12-13H,5,9-11H2,1-4H3. The summed E-state index contributed by atoms with van der Waals surface area (Å²) in [6.07, 6.45) is 2.04. The maximum atomic E-state index is 11.6. The lowest BCUT2D eigenvalue weighted by Gasteiger charge is -2.38. The molecule has 0 aliphatic carbocycles. The van der Waals surface area contributed by atoms with Crippen LogP contribution in [0, 0.1) is 0 Å². The van der Waals surface area contributed by atoms with Crippen LogP contribution in [0.2, 0.25) is 0 Å². The monoisotopic (exact) mass is 323 g/mol. The van der Waals surface area contributed by atoms with E-state index in [1.165, 1.54) is 7.11 Å². The molecule has 1 aromatic rings. The lowest BCUT2D eigenvalue weighted by atomic mass is 10.00. The van der Waals surface area contributed by atoms with E-state index in [9.17, 15) is 4.79 Å².